The van der Waals surface area contributed by atoms with Crippen molar-refractivity contribution in [2.75, 3.05) is 0 Å². The Hall–Kier alpha value is -6.70. The predicted octanol–water partition coefficient (Wildman–Crippen LogP) is 14.2. The molecule has 0 saturated carbocycles. The molecule has 0 amide bonds. The van der Waals surface area contributed by atoms with Gasteiger partial charge >= 0.3 is 0 Å². The van der Waals surface area contributed by atoms with Crippen molar-refractivity contribution >= 4 is 43.5 Å². The van der Waals surface area contributed by atoms with Crippen molar-refractivity contribution in [2.24, 2.45) is 0 Å². The monoisotopic (exact) mass is 658 g/mol. The number of benzene rings is 9. The van der Waals surface area contributed by atoms with Crippen LogP contribution in [0.3, 0.4) is 0 Å². The van der Waals surface area contributed by atoms with E-state index in [2.05, 4.69) is 24.3 Å². The first kappa shape index (κ1) is 20.7. The minimum atomic E-state index is -0.450. The van der Waals surface area contributed by atoms with Crippen LogP contribution in [-0.4, -0.2) is 0 Å². The quantitative estimate of drug-likeness (QED) is 0.168. The SMILES string of the molecule is [2H]c1c([2H])c([2H])c(-c2ccc3oc4cccc(-c5c6ccccc6c(-c6ccc(-c7ccccc7)c(-c7c([2H])c([2H])c([2H])c([2H])c7[2H])c6)c6ccccc56)c4c3c2)c([2H])c1[2H]. The highest BCUT2D eigenvalue weighted by molar-refractivity contribution is 6.26. The van der Waals surface area contributed by atoms with E-state index in [4.69, 9.17) is 18.1 Å². The van der Waals surface area contributed by atoms with Crippen LogP contribution in [0.4, 0.5) is 0 Å². The molecule has 0 unspecified atom stereocenters. The highest BCUT2D eigenvalue weighted by Crippen LogP contribution is 2.48. The van der Waals surface area contributed by atoms with E-state index in [-0.39, 0.29) is 35.3 Å². The normalized spacial score (nSPS) is 14.3. The van der Waals surface area contributed by atoms with Crippen LogP contribution in [0.25, 0.3) is 99.1 Å². The molecule has 0 bridgehead atoms. The summed E-state index contributed by atoms with van der Waals surface area (Å²) in [7, 11) is 0. The van der Waals surface area contributed by atoms with E-state index in [0.717, 1.165) is 65.7 Å². The molecule has 9 aromatic carbocycles. The molecular weight excluding hydrogens is 617 g/mol. The third kappa shape index (κ3) is 4.86. The summed E-state index contributed by atoms with van der Waals surface area (Å²) in [6, 6.07) is 39.4. The van der Waals surface area contributed by atoms with Crippen LogP contribution < -0.4 is 0 Å². The van der Waals surface area contributed by atoms with E-state index in [1.54, 1.807) is 12.1 Å². The molecule has 0 aliphatic rings. The minimum Gasteiger partial charge on any atom is -0.456 e. The average molecular weight is 659 g/mol. The van der Waals surface area contributed by atoms with E-state index in [1.807, 2.05) is 97.1 Å². The fourth-order valence-corrected chi connectivity index (χ4v) is 7.48. The number of rotatable bonds is 5. The van der Waals surface area contributed by atoms with Crippen molar-refractivity contribution in [1.82, 2.24) is 0 Å². The molecule has 1 heterocycles. The Balaban J connectivity index is 1.27. The molecule has 10 rings (SSSR count). The van der Waals surface area contributed by atoms with Gasteiger partial charge < -0.3 is 4.42 Å². The van der Waals surface area contributed by atoms with E-state index in [0.29, 0.717) is 22.3 Å². The topological polar surface area (TPSA) is 13.1 Å². The Morgan fingerprint density at radius 3 is 1.63 bits per heavy atom. The second kappa shape index (κ2) is 12.0. The summed E-state index contributed by atoms with van der Waals surface area (Å²) >= 11 is 0. The van der Waals surface area contributed by atoms with E-state index < -0.39 is 36.3 Å². The van der Waals surface area contributed by atoms with Gasteiger partial charge in [-0.1, -0.05) is 170 Å². The zero-order chi connectivity index (χ0) is 42.4. The standard InChI is InChI=1S/C50H32O/c1-4-15-33(16-5-1)36-28-30-46-45(31-36)50-43(25-14-26-47(50)51-46)49-41-23-12-10-21-39(41)48(40-22-11-13-24-42(40)49)37-27-29-38(34-17-6-2-7-18-34)44(32-37)35-19-8-3-9-20-35/h1-32H/i1D,3D,4D,5D,8D,9D,15D,16D,19D,20D. The third-order valence-corrected chi connectivity index (χ3v) is 9.65. The van der Waals surface area contributed by atoms with Crippen LogP contribution in [0.1, 0.15) is 13.7 Å². The van der Waals surface area contributed by atoms with Gasteiger partial charge in [0.2, 0.25) is 0 Å². The maximum Gasteiger partial charge on any atom is 0.136 e. The minimum absolute atomic E-state index is 0.112. The Morgan fingerprint density at radius 2 is 0.941 bits per heavy atom. The molecule has 238 valence electrons. The summed E-state index contributed by atoms with van der Waals surface area (Å²) in [4.78, 5) is 0. The summed E-state index contributed by atoms with van der Waals surface area (Å²) in [5.74, 6) is 0. The van der Waals surface area contributed by atoms with Gasteiger partial charge in [-0.05, 0) is 101 Å². The summed E-state index contributed by atoms with van der Waals surface area (Å²) in [5.41, 5.74) is 7.56. The highest BCUT2D eigenvalue weighted by Gasteiger charge is 2.21. The average Bonchev–Trinajstić information content (AvgIpc) is 3.67. The van der Waals surface area contributed by atoms with Gasteiger partial charge in [-0.3, -0.25) is 0 Å². The number of furan rings is 1. The van der Waals surface area contributed by atoms with Crippen molar-refractivity contribution < 1.29 is 18.1 Å². The van der Waals surface area contributed by atoms with Gasteiger partial charge in [0, 0.05) is 10.8 Å². The highest BCUT2D eigenvalue weighted by atomic mass is 16.3. The lowest BCUT2D eigenvalue weighted by Gasteiger charge is -2.19. The molecule has 0 atom stereocenters. The molecule has 0 N–H and O–H groups in total. The molecule has 51 heavy (non-hydrogen) atoms. The lowest BCUT2D eigenvalue weighted by atomic mass is 9.83. The lowest BCUT2D eigenvalue weighted by molar-refractivity contribution is 0.669. The zero-order valence-electron chi connectivity index (χ0n) is 37.1. The maximum atomic E-state index is 8.99. The van der Waals surface area contributed by atoms with Crippen LogP contribution in [0.15, 0.2) is 198 Å². The number of fused-ring (bicyclic) bond motifs is 5. The Morgan fingerprint density at radius 1 is 0.333 bits per heavy atom. The molecule has 0 aliphatic heterocycles. The first-order valence-electron chi connectivity index (χ1n) is 21.7. The molecule has 0 radical (unpaired) electrons. The fraction of sp³-hybridized carbons (Fsp3) is 0. The van der Waals surface area contributed by atoms with Crippen LogP contribution in [-0.2, 0) is 0 Å². The van der Waals surface area contributed by atoms with Crippen molar-refractivity contribution in [3.8, 4) is 55.6 Å². The summed E-state index contributed by atoms with van der Waals surface area (Å²) in [6.45, 7) is 0. The molecule has 0 saturated heterocycles. The van der Waals surface area contributed by atoms with Crippen molar-refractivity contribution in [2.45, 2.75) is 0 Å². The Kier molecular flexibility index (Phi) is 4.88. The summed E-state index contributed by atoms with van der Waals surface area (Å²) in [5, 5.41) is 5.28. The molecular formula is C50H32O. The molecule has 1 aromatic heterocycles. The Labute approximate surface area is 310 Å². The zero-order valence-corrected chi connectivity index (χ0v) is 27.1. The van der Waals surface area contributed by atoms with Gasteiger partial charge in [0.15, 0.2) is 0 Å². The largest absolute Gasteiger partial charge is 0.456 e. The number of hydrogen-bond acceptors (Lipinski definition) is 1. The first-order valence-corrected chi connectivity index (χ1v) is 16.7. The molecule has 0 fully saturated rings. The molecule has 1 nitrogen and oxygen atoms in total. The summed E-state index contributed by atoms with van der Waals surface area (Å²) < 4.78 is 91.9. The van der Waals surface area contributed by atoms with Gasteiger partial charge in [0.25, 0.3) is 0 Å². The lowest BCUT2D eigenvalue weighted by Crippen LogP contribution is -1.93. The number of hydrogen-bond donors (Lipinski definition) is 0. The van der Waals surface area contributed by atoms with Crippen molar-refractivity contribution in [3.63, 3.8) is 0 Å². The van der Waals surface area contributed by atoms with Crippen LogP contribution in [0, 0.1) is 0 Å². The van der Waals surface area contributed by atoms with Gasteiger partial charge in [-0.25, -0.2) is 0 Å². The Bertz CT molecular complexity index is 3370. The van der Waals surface area contributed by atoms with E-state index in [1.165, 1.54) is 0 Å². The maximum absolute atomic E-state index is 8.99. The van der Waals surface area contributed by atoms with Crippen LogP contribution in [0.5, 0.6) is 0 Å². The molecule has 1 heteroatoms. The van der Waals surface area contributed by atoms with Crippen LogP contribution >= 0.6 is 0 Å². The van der Waals surface area contributed by atoms with Gasteiger partial charge in [0.1, 0.15) is 11.2 Å². The van der Waals surface area contributed by atoms with E-state index >= 15 is 0 Å². The summed E-state index contributed by atoms with van der Waals surface area (Å²) in [6.07, 6.45) is 0. The van der Waals surface area contributed by atoms with E-state index in [9.17, 15) is 0 Å². The molecule has 0 aliphatic carbocycles. The van der Waals surface area contributed by atoms with Crippen LogP contribution in [0.2, 0.25) is 0 Å². The van der Waals surface area contributed by atoms with Crippen molar-refractivity contribution in [1.29, 1.82) is 0 Å². The first-order chi connectivity index (χ1) is 29.5. The molecule has 0 spiro atoms. The van der Waals surface area contributed by atoms with Crippen molar-refractivity contribution in [3.05, 3.63) is 194 Å². The second-order valence-corrected chi connectivity index (χ2v) is 12.5. The fourth-order valence-electron chi connectivity index (χ4n) is 7.48. The van der Waals surface area contributed by atoms with Gasteiger partial charge in [0.05, 0.1) is 13.7 Å². The smallest absolute Gasteiger partial charge is 0.136 e. The molecule has 10 aromatic rings. The van der Waals surface area contributed by atoms with Gasteiger partial charge in [-0.2, -0.15) is 0 Å². The second-order valence-electron chi connectivity index (χ2n) is 12.5. The predicted molar refractivity (Wildman–Crippen MR) is 216 cm³/mol. The third-order valence-electron chi connectivity index (χ3n) is 9.65. The van der Waals surface area contributed by atoms with Gasteiger partial charge in [-0.15, -0.1) is 0 Å².